The van der Waals surface area contributed by atoms with Gasteiger partial charge >= 0.3 is 0 Å². The lowest BCUT2D eigenvalue weighted by atomic mass is 9.93. The Kier molecular flexibility index (Phi) is 5.32. The number of rotatable bonds is 5. The Morgan fingerprint density at radius 1 is 1.40 bits per heavy atom. The summed E-state index contributed by atoms with van der Waals surface area (Å²) < 4.78 is 0. The van der Waals surface area contributed by atoms with Crippen molar-refractivity contribution >= 4 is 0 Å². The first-order valence-corrected chi connectivity index (χ1v) is 4.12. The van der Waals surface area contributed by atoms with E-state index in [0.717, 1.165) is 6.42 Å². The van der Waals surface area contributed by atoms with Gasteiger partial charge in [-0.15, -0.1) is 6.58 Å². The van der Waals surface area contributed by atoms with Crippen LogP contribution in [0.5, 0.6) is 0 Å². The van der Waals surface area contributed by atoms with Crippen molar-refractivity contribution in [3.05, 3.63) is 12.7 Å². The van der Waals surface area contributed by atoms with Crippen LogP contribution in [0.3, 0.4) is 0 Å². The van der Waals surface area contributed by atoms with Gasteiger partial charge in [0.1, 0.15) is 0 Å². The Bertz CT molecular complexity index is 84.7. The third kappa shape index (κ3) is 3.02. The van der Waals surface area contributed by atoms with Crippen molar-refractivity contribution in [2.75, 3.05) is 0 Å². The van der Waals surface area contributed by atoms with Crippen molar-refractivity contribution in [3.63, 3.8) is 0 Å². The molecule has 0 aromatic heterocycles. The van der Waals surface area contributed by atoms with Gasteiger partial charge in [-0.2, -0.15) is 0 Å². The monoisotopic (exact) mass is 141 g/mol. The molecule has 10 heavy (non-hydrogen) atoms. The van der Waals surface area contributed by atoms with Gasteiger partial charge in [-0.3, -0.25) is 0 Å². The number of hydrogen-bond donors (Lipinski definition) is 1. The Labute approximate surface area is 64.3 Å². The summed E-state index contributed by atoms with van der Waals surface area (Å²) in [7, 11) is 0. The topological polar surface area (TPSA) is 26.0 Å². The fourth-order valence-corrected chi connectivity index (χ4v) is 1.28. The van der Waals surface area contributed by atoms with E-state index in [4.69, 9.17) is 5.73 Å². The summed E-state index contributed by atoms with van der Waals surface area (Å²) in [5, 5.41) is 0. The molecule has 0 aromatic carbocycles. The predicted octanol–water partition coefficient (Wildman–Crippen LogP) is 2.33. The molecular weight excluding hydrogens is 122 g/mol. The second-order valence-electron chi connectivity index (χ2n) is 2.76. The zero-order valence-electron chi connectivity index (χ0n) is 7.14. The van der Waals surface area contributed by atoms with Crippen LogP contribution in [0.25, 0.3) is 0 Å². The molecule has 0 amide bonds. The highest BCUT2D eigenvalue weighted by molar-refractivity contribution is 4.79. The average Bonchev–Trinajstić information content (AvgIpc) is 1.91. The summed E-state index contributed by atoms with van der Waals surface area (Å²) in [5.41, 5.74) is 5.88. The van der Waals surface area contributed by atoms with Crippen LogP contribution < -0.4 is 5.73 Å². The van der Waals surface area contributed by atoms with E-state index in [9.17, 15) is 0 Å². The molecule has 1 nitrogen and oxygen atoms in total. The first kappa shape index (κ1) is 9.70. The van der Waals surface area contributed by atoms with Crippen LogP contribution in [0.2, 0.25) is 0 Å². The molecule has 0 aromatic rings. The first-order chi connectivity index (χ1) is 4.76. The third-order valence-corrected chi connectivity index (χ3v) is 2.09. The van der Waals surface area contributed by atoms with E-state index in [1.807, 2.05) is 6.08 Å². The second-order valence-corrected chi connectivity index (χ2v) is 2.76. The molecule has 0 fully saturated rings. The van der Waals surface area contributed by atoms with Crippen molar-refractivity contribution in [1.29, 1.82) is 0 Å². The lowest BCUT2D eigenvalue weighted by Crippen LogP contribution is -2.28. The van der Waals surface area contributed by atoms with Crippen LogP contribution in [-0.2, 0) is 0 Å². The van der Waals surface area contributed by atoms with E-state index < -0.39 is 0 Å². The summed E-state index contributed by atoms with van der Waals surface area (Å²) in [6, 6.07) is 0.326. The minimum Gasteiger partial charge on any atom is -0.327 e. The smallest absolute Gasteiger partial charge is 0.0102 e. The minimum atomic E-state index is 0.326. The Hall–Kier alpha value is -0.300. The van der Waals surface area contributed by atoms with Gasteiger partial charge in [-0.05, 0) is 12.3 Å². The third-order valence-electron chi connectivity index (χ3n) is 2.09. The molecule has 1 heteroatoms. The zero-order chi connectivity index (χ0) is 7.98. The number of nitrogens with two attached hydrogens (primary N) is 1. The Morgan fingerprint density at radius 2 is 1.90 bits per heavy atom. The summed E-state index contributed by atoms with van der Waals surface area (Å²) in [5.74, 6) is 0.679. The molecule has 0 bridgehead atoms. The van der Waals surface area contributed by atoms with Gasteiger partial charge < -0.3 is 5.73 Å². The maximum atomic E-state index is 5.88. The predicted molar refractivity (Wildman–Crippen MR) is 46.9 cm³/mol. The molecule has 2 N–H and O–H groups in total. The molecule has 0 unspecified atom stereocenters. The maximum absolute atomic E-state index is 5.88. The van der Waals surface area contributed by atoms with Crippen LogP contribution in [0.15, 0.2) is 12.7 Å². The molecule has 0 aliphatic heterocycles. The summed E-state index contributed by atoms with van der Waals surface area (Å²) >= 11 is 0. The highest BCUT2D eigenvalue weighted by Gasteiger charge is 2.11. The van der Waals surface area contributed by atoms with Gasteiger partial charge in [0.2, 0.25) is 0 Å². The zero-order valence-corrected chi connectivity index (χ0v) is 7.14. The first-order valence-electron chi connectivity index (χ1n) is 4.12. The highest BCUT2D eigenvalue weighted by Crippen LogP contribution is 2.13. The summed E-state index contributed by atoms with van der Waals surface area (Å²) in [4.78, 5) is 0. The van der Waals surface area contributed by atoms with Crippen molar-refractivity contribution in [1.82, 2.24) is 0 Å². The van der Waals surface area contributed by atoms with E-state index in [1.165, 1.54) is 12.8 Å². The molecule has 0 saturated carbocycles. The SMILES string of the molecule is C=CC[C@@H](N)C(CC)CC. The molecule has 0 aliphatic carbocycles. The van der Waals surface area contributed by atoms with Gasteiger partial charge in [-0.25, -0.2) is 0 Å². The van der Waals surface area contributed by atoms with Crippen molar-refractivity contribution < 1.29 is 0 Å². The molecule has 0 spiro atoms. The lowest BCUT2D eigenvalue weighted by Gasteiger charge is -2.19. The molecule has 60 valence electrons. The van der Waals surface area contributed by atoms with Crippen LogP contribution in [-0.4, -0.2) is 6.04 Å². The molecule has 0 radical (unpaired) electrons. The van der Waals surface area contributed by atoms with Gasteiger partial charge in [-0.1, -0.05) is 32.8 Å². The fraction of sp³-hybridized carbons (Fsp3) is 0.778. The van der Waals surface area contributed by atoms with Crippen LogP contribution in [0.1, 0.15) is 33.1 Å². The Balaban J connectivity index is 3.63. The molecule has 0 aliphatic rings. The molecule has 0 rings (SSSR count). The molecule has 0 heterocycles. The average molecular weight is 141 g/mol. The van der Waals surface area contributed by atoms with Crippen molar-refractivity contribution in [3.8, 4) is 0 Å². The van der Waals surface area contributed by atoms with E-state index in [1.54, 1.807) is 0 Å². The summed E-state index contributed by atoms with van der Waals surface area (Å²) in [6.45, 7) is 8.05. The van der Waals surface area contributed by atoms with Crippen LogP contribution in [0, 0.1) is 5.92 Å². The van der Waals surface area contributed by atoms with Gasteiger partial charge in [0.05, 0.1) is 0 Å². The van der Waals surface area contributed by atoms with Crippen molar-refractivity contribution in [2.45, 2.75) is 39.2 Å². The van der Waals surface area contributed by atoms with E-state index in [0.29, 0.717) is 12.0 Å². The maximum Gasteiger partial charge on any atom is 0.0102 e. The quantitative estimate of drug-likeness (QED) is 0.584. The van der Waals surface area contributed by atoms with Crippen molar-refractivity contribution in [2.24, 2.45) is 11.7 Å². The van der Waals surface area contributed by atoms with E-state index >= 15 is 0 Å². The molecular formula is C9H19N. The minimum absolute atomic E-state index is 0.326. The normalized spacial score (nSPS) is 13.6. The van der Waals surface area contributed by atoms with Crippen LogP contribution >= 0.6 is 0 Å². The van der Waals surface area contributed by atoms with Gasteiger partial charge in [0.15, 0.2) is 0 Å². The van der Waals surface area contributed by atoms with Gasteiger partial charge in [0, 0.05) is 6.04 Å². The summed E-state index contributed by atoms with van der Waals surface area (Å²) in [6.07, 6.45) is 5.23. The number of hydrogen-bond acceptors (Lipinski definition) is 1. The largest absolute Gasteiger partial charge is 0.327 e. The standard InChI is InChI=1S/C9H19N/c1-4-7-9(10)8(5-2)6-3/h4,8-9H,1,5-7,10H2,2-3H3/t9-/m1/s1. The van der Waals surface area contributed by atoms with E-state index in [2.05, 4.69) is 20.4 Å². The molecule has 1 atom stereocenters. The lowest BCUT2D eigenvalue weighted by molar-refractivity contribution is 0.398. The second kappa shape index (κ2) is 5.48. The Morgan fingerprint density at radius 3 is 2.20 bits per heavy atom. The van der Waals surface area contributed by atoms with Crippen LogP contribution in [0.4, 0.5) is 0 Å². The van der Waals surface area contributed by atoms with E-state index in [-0.39, 0.29) is 0 Å². The fourth-order valence-electron chi connectivity index (χ4n) is 1.28. The molecule has 0 saturated heterocycles. The highest BCUT2D eigenvalue weighted by atomic mass is 14.6. The van der Waals surface area contributed by atoms with Gasteiger partial charge in [0.25, 0.3) is 0 Å².